The molecule has 0 atom stereocenters. The fraction of sp³-hybridized carbons (Fsp3) is 0.333. The molecule has 1 aromatic heterocycles. The third-order valence-corrected chi connectivity index (χ3v) is 1.54. The summed E-state index contributed by atoms with van der Waals surface area (Å²) < 4.78 is 4.74. The van der Waals surface area contributed by atoms with Gasteiger partial charge >= 0.3 is 0 Å². The van der Waals surface area contributed by atoms with Crippen LogP contribution in [0.25, 0.3) is 0 Å². The Morgan fingerprint density at radius 3 is 2.90 bits per heavy atom. The smallest absolute Gasteiger partial charge is 0.192 e. The summed E-state index contributed by atoms with van der Waals surface area (Å²) in [6, 6.07) is 1.73. The first-order valence-corrected chi connectivity index (χ1v) is 3.62. The summed E-state index contributed by atoms with van der Waals surface area (Å²) in [5.41, 5.74) is 0. The molecule has 0 spiro atoms. The Labute approximate surface area is 62.8 Å². The van der Waals surface area contributed by atoms with E-state index in [1.54, 1.807) is 13.0 Å². The molecule has 0 radical (unpaired) electrons. The molecule has 1 aromatic rings. The molecule has 0 bridgehead atoms. The van der Waals surface area contributed by atoms with E-state index in [1.165, 1.54) is 6.92 Å². The lowest BCUT2D eigenvalue weighted by molar-refractivity contribution is -0.109. The van der Waals surface area contributed by atoms with E-state index in [4.69, 9.17) is 4.52 Å². The summed E-state index contributed by atoms with van der Waals surface area (Å²) in [6.45, 7) is 3.28. The zero-order valence-electron chi connectivity index (χ0n) is 5.75. The topological polar surface area (TPSA) is 43.1 Å². The maximum Gasteiger partial charge on any atom is 0.192 e. The van der Waals surface area contributed by atoms with Crippen LogP contribution < -0.4 is 0 Å². The summed E-state index contributed by atoms with van der Waals surface area (Å²) in [6.07, 6.45) is 0. The van der Waals surface area contributed by atoms with Crippen LogP contribution in [0.1, 0.15) is 12.7 Å². The number of hydrogen-bond acceptors (Lipinski definition) is 4. The molecule has 0 aliphatic heterocycles. The minimum atomic E-state index is 0.0216. The van der Waals surface area contributed by atoms with Crippen LogP contribution in [0.3, 0.4) is 0 Å². The Bertz CT molecular complexity index is 244. The average molecular weight is 157 g/mol. The van der Waals surface area contributed by atoms with Crippen LogP contribution in [0.4, 0.5) is 0 Å². The predicted molar refractivity (Wildman–Crippen MR) is 37.8 cm³/mol. The minimum absolute atomic E-state index is 0.0216. The fourth-order valence-corrected chi connectivity index (χ4v) is 1.13. The normalized spacial score (nSPS) is 9.80. The van der Waals surface area contributed by atoms with Crippen LogP contribution in [0, 0.1) is 6.92 Å². The minimum Gasteiger partial charge on any atom is -0.361 e. The van der Waals surface area contributed by atoms with Gasteiger partial charge in [-0.25, -0.2) is 0 Å². The second kappa shape index (κ2) is 2.88. The van der Waals surface area contributed by atoms with Crippen LogP contribution in [-0.4, -0.2) is 10.3 Å². The van der Waals surface area contributed by atoms with Crippen molar-refractivity contribution in [1.82, 2.24) is 5.16 Å². The molecule has 0 aromatic carbocycles. The highest BCUT2D eigenvalue weighted by Gasteiger charge is 2.02. The Morgan fingerprint density at radius 2 is 2.50 bits per heavy atom. The van der Waals surface area contributed by atoms with Crippen molar-refractivity contribution in [2.24, 2.45) is 0 Å². The van der Waals surface area contributed by atoms with Gasteiger partial charge in [0.15, 0.2) is 5.12 Å². The molecule has 10 heavy (non-hydrogen) atoms. The molecular weight excluding hydrogens is 150 g/mol. The van der Waals surface area contributed by atoms with Crippen LogP contribution in [0.2, 0.25) is 0 Å². The number of hydrogen-bond donors (Lipinski definition) is 0. The van der Waals surface area contributed by atoms with Crippen molar-refractivity contribution in [1.29, 1.82) is 0 Å². The number of nitrogens with zero attached hydrogens (tertiary/aromatic N) is 1. The summed E-state index contributed by atoms with van der Waals surface area (Å²) >= 11 is 1.08. The Hall–Kier alpha value is -0.770. The molecule has 1 rings (SSSR count). The monoisotopic (exact) mass is 157 g/mol. The number of aromatic nitrogens is 1. The third kappa shape index (κ3) is 1.88. The highest BCUT2D eigenvalue weighted by Crippen LogP contribution is 2.16. The Balaban J connectivity index is 2.67. The largest absolute Gasteiger partial charge is 0.361 e. The van der Waals surface area contributed by atoms with Gasteiger partial charge in [-0.1, -0.05) is 5.16 Å². The zero-order chi connectivity index (χ0) is 7.56. The third-order valence-electron chi connectivity index (χ3n) is 0.855. The van der Waals surface area contributed by atoms with E-state index in [1.807, 2.05) is 0 Å². The summed E-state index contributed by atoms with van der Waals surface area (Å²) in [7, 11) is 0. The number of carbonyl (C=O) groups is 1. The Kier molecular flexibility index (Phi) is 2.11. The molecular formula is C6H7NO2S. The van der Waals surface area contributed by atoms with Crippen LogP contribution in [0.5, 0.6) is 0 Å². The quantitative estimate of drug-likeness (QED) is 0.581. The van der Waals surface area contributed by atoms with Gasteiger partial charge in [-0.15, -0.1) is 0 Å². The first kappa shape index (κ1) is 7.34. The van der Waals surface area contributed by atoms with Crippen LogP contribution in [0.15, 0.2) is 15.6 Å². The maximum atomic E-state index is 10.5. The highest BCUT2D eigenvalue weighted by molar-refractivity contribution is 8.13. The van der Waals surface area contributed by atoms with Gasteiger partial charge in [0.2, 0.25) is 0 Å². The highest BCUT2D eigenvalue weighted by atomic mass is 32.2. The lowest BCUT2D eigenvalue weighted by Gasteiger charge is -1.82. The second-order valence-electron chi connectivity index (χ2n) is 1.87. The molecule has 0 aliphatic carbocycles. The van der Waals surface area contributed by atoms with Gasteiger partial charge in [-0.05, 0) is 18.7 Å². The molecule has 0 N–H and O–H groups in total. The van der Waals surface area contributed by atoms with Crippen molar-refractivity contribution in [2.75, 3.05) is 0 Å². The Morgan fingerprint density at radius 1 is 1.80 bits per heavy atom. The molecule has 3 nitrogen and oxygen atoms in total. The lowest BCUT2D eigenvalue weighted by atomic mass is 10.5. The first-order chi connectivity index (χ1) is 4.68. The molecule has 0 unspecified atom stereocenters. The molecule has 0 saturated carbocycles. The van der Waals surface area contributed by atoms with E-state index < -0.39 is 0 Å². The maximum absolute atomic E-state index is 10.5. The van der Waals surface area contributed by atoms with E-state index in [-0.39, 0.29) is 5.12 Å². The SMILES string of the molecule is CC(=O)Sc1cc(C)on1. The van der Waals surface area contributed by atoms with E-state index in [2.05, 4.69) is 5.16 Å². The van der Waals surface area contributed by atoms with Gasteiger partial charge < -0.3 is 4.52 Å². The van der Waals surface area contributed by atoms with Gasteiger partial charge in [-0.3, -0.25) is 4.79 Å². The molecule has 54 valence electrons. The van der Waals surface area contributed by atoms with Crippen molar-refractivity contribution in [3.63, 3.8) is 0 Å². The first-order valence-electron chi connectivity index (χ1n) is 2.80. The number of thioether (sulfide) groups is 1. The number of aryl methyl sites for hydroxylation is 1. The van der Waals surface area contributed by atoms with Crippen LogP contribution >= 0.6 is 11.8 Å². The van der Waals surface area contributed by atoms with Gasteiger partial charge in [0.1, 0.15) is 10.8 Å². The summed E-state index contributed by atoms with van der Waals surface area (Å²) in [5.74, 6) is 0.726. The second-order valence-corrected chi connectivity index (χ2v) is 3.07. The van der Waals surface area contributed by atoms with Crippen molar-refractivity contribution >= 4 is 16.9 Å². The van der Waals surface area contributed by atoms with Crippen molar-refractivity contribution < 1.29 is 9.32 Å². The fourth-order valence-electron chi connectivity index (χ4n) is 0.539. The molecule has 1 heterocycles. The van der Waals surface area contributed by atoms with E-state index in [9.17, 15) is 4.79 Å². The van der Waals surface area contributed by atoms with Crippen molar-refractivity contribution in [3.05, 3.63) is 11.8 Å². The standard InChI is InChI=1S/C6H7NO2S/c1-4-3-6(7-9-4)10-5(2)8/h3H,1-2H3. The molecule has 0 aliphatic rings. The van der Waals surface area contributed by atoms with Crippen molar-refractivity contribution in [2.45, 2.75) is 18.9 Å². The van der Waals surface area contributed by atoms with Crippen molar-refractivity contribution in [3.8, 4) is 0 Å². The van der Waals surface area contributed by atoms with Crippen LogP contribution in [-0.2, 0) is 4.79 Å². The predicted octanol–water partition coefficient (Wildman–Crippen LogP) is 1.62. The van der Waals surface area contributed by atoms with E-state index in [0.29, 0.717) is 5.03 Å². The van der Waals surface area contributed by atoms with E-state index in [0.717, 1.165) is 17.5 Å². The van der Waals surface area contributed by atoms with Gasteiger partial charge in [0.05, 0.1) is 0 Å². The average Bonchev–Trinajstić information content (AvgIpc) is 2.13. The number of rotatable bonds is 1. The molecule has 0 saturated heterocycles. The summed E-state index contributed by atoms with van der Waals surface area (Å²) in [5, 5.41) is 4.27. The summed E-state index contributed by atoms with van der Waals surface area (Å²) in [4.78, 5) is 10.5. The molecule has 4 heteroatoms. The van der Waals surface area contributed by atoms with Gasteiger partial charge in [0, 0.05) is 13.0 Å². The lowest BCUT2D eigenvalue weighted by Crippen LogP contribution is -1.79. The van der Waals surface area contributed by atoms with E-state index >= 15 is 0 Å². The molecule has 0 fully saturated rings. The van der Waals surface area contributed by atoms with Gasteiger partial charge in [-0.2, -0.15) is 0 Å². The van der Waals surface area contributed by atoms with Gasteiger partial charge in [0.25, 0.3) is 0 Å². The number of carbonyl (C=O) groups excluding carboxylic acids is 1. The molecule has 0 amide bonds. The zero-order valence-corrected chi connectivity index (χ0v) is 6.57.